The van der Waals surface area contributed by atoms with Crippen LogP contribution in [-0.4, -0.2) is 23.9 Å². The second-order valence-corrected chi connectivity index (χ2v) is 5.88. The minimum absolute atomic E-state index is 0.0823. The summed E-state index contributed by atoms with van der Waals surface area (Å²) in [5.41, 5.74) is -0.703. The van der Waals surface area contributed by atoms with Crippen molar-refractivity contribution in [2.24, 2.45) is 0 Å². The van der Waals surface area contributed by atoms with E-state index in [0.29, 0.717) is 0 Å². The zero-order valence-electron chi connectivity index (χ0n) is 12.6. The average molecular weight is 384 g/mol. The summed E-state index contributed by atoms with van der Waals surface area (Å²) in [7, 11) is 0. The third-order valence-corrected chi connectivity index (χ3v) is 4.37. The van der Waals surface area contributed by atoms with E-state index in [1.54, 1.807) is 0 Å². The van der Waals surface area contributed by atoms with Crippen LogP contribution in [0.5, 0.6) is 0 Å². The first-order valence-corrected chi connectivity index (χ1v) is 7.22. The number of rotatable bonds is 3. The van der Waals surface area contributed by atoms with E-state index in [-0.39, 0.29) is 11.1 Å². The molecule has 2 aromatic rings. The summed E-state index contributed by atoms with van der Waals surface area (Å²) in [4.78, 5) is 0. The third kappa shape index (κ3) is 2.25. The molecular weight excluding hydrogens is 375 g/mol. The van der Waals surface area contributed by atoms with Gasteiger partial charge in [0.25, 0.3) is 0 Å². The molecule has 140 valence electrons. The van der Waals surface area contributed by atoms with Crippen molar-refractivity contribution in [3.8, 4) is 11.1 Å². The molecule has 0 spiro atoms. The lowest BCUT2D eigenvalue weighted by atomic mass is 9.84. The quantitative estimate of drug-likeness (QED) is 0.548. The summed E-state index contributed by atoms with van der Waals surface area (Å²) in [6.45, 7) is 0. The minimum Gasteiger partial charge on any atom is -0.199 e. The largest absolute Gasteiger partial charge is 0.460 e. The Morgan fingerprint density at radius 3 is 1.31 bits per heavy atom. The van der Waals surface area contributed by atoms with E-state index in [9.17, 15) is 39.5 Å². The highest BCUT2D eigenvalue weighted by atomic mass is 19.4. The lowest BCUT2D eigenvalue weighted by Gasteiger charge is -2.37. The lowest BCUT2D eigenvalue weighted by Crippen LogP contribution is -2.62. The van der Waals surface area contributed by atoms with Crippen LogP contribution in [0.25, 0.3) is 11.1 Å². The van der Waals surface area contributed by atoms with Crippen molar-refractivity contribution in [3.63, 3.8) is 0 Å². The van der Waals surface area contributed by atoms with Gasteiger partial charge in [0.15, 0.2) is 0 Å². The first-order chi connectivity index (χ1) is 11.8. The summed E-state index contributed by atoms with van der Waals surface area (Å²) in [5.74, 6) is -21.9. The Kier molecular flexibility index (Phi) is 3.86. The molecule has 0 amide bonds. The Labute approximate surface area is 141 Å². The van der Waals surface area contributed by atoms with Gasteiger partial charge in [-0.25, -0.2) is 0 Å². The van der Waals surface area contributed by atoms with Gasteiger partial charge in [-0.15, -0.1) is 0 Å². The SMILES string of the molecule is FC(F)(F)C(F)(F)C(F)(F)C(F)(F)C1c2ccccc2-c2ccccc21. The van der Waals surface area contributed by atoms with Gasteiger partial charge in [0.2, 0.25) is 0 Å². The topological polar surface area (TPSA) is 0 Å². The summed E-state index contributed by atoms with van der Waals surface area (Å²) < 4.78 is 121. The first kappa shape index (κ1) is 18.6. The number of hydrogen-bond donors (Lipinski definition) is 0. The van der Waals surface area contributed by atoms with Gasteiger partial charge >= 0.3 is 23.9 Å². The van der Waals surface area contributed by atoms with Gasteiger partial charge < -0.3 is 0 Å². The van der Waals surface area contributed by atoms with Gasteiger partial charge in [0.1, 0.15) is 0 Å². The highest BCUT2D eigenvalue weighted by molar-refractivity contribution is 5.79. The summed E-state index contributed by atoms with van der Waals surface area (Å²) in [6, 6.07) is 9.90. The van der Waals surface area contributed by atoms with Crippen LogP contribution in [0.15, 0.2) is 48.5 Å². The summed E-state index contributed by atoms with van der Waals surface area (Å²) in [6.07, 6.45) is -6.84. The maximum absolute atomic E-state index is 14.6. The number of hydrogen-bond acceptors (Lipinski definition) is 0. The number of fused-ring (bicyclic) bond motifs is 3. The number of benzene rings is 2. The van der Waals surface area contributed by atoms with Gasteiger partial charge in [-0.05, 0) is 22.3 Å². The monoisotopic (exact) mass is 384 g/mol. The van der Waals surface area contributed by atoms with Crippen LogP contribution in [0, 0.1) is 0 Å². The average Bonchev–Trinajstić information content (AvgIpc) is 2.88. The normalized spacial score (nSPS) is 15.7. The minimum atomic E-state index is -6.91. The Hall–Kier alpha value is -2.19. The Bertz CT molecular complexity index is 791. The van der Waals surface area contributed by atoms with Gasteiger partial charge in [0, 0.05) is 0 Å². The maximum Gasteiger partial charge on any atom is 0.460 e. The highest BCUT2D eigenvalue weighted by Crippen LogP contribution is 2.61. The molecule has 2 aromatic carbocycles. The Balaban J connectivity index is 2.22. The third-order valence-electron chi connectivity index (χ3n) is 4.37. The fourth-order valence-corrected chi connectivity index (χ4v) is 3.11. The van der Waals surface area contributed by atoms with Crippen LogP contribution >= 0.6 is 0 Å². The Morgan fingerprint density at radius 2 is 0.923 bits per heavy atom. The standard InChI is InChI=1S/C17H9F9/c18-14(19,15(20,21)16(22,23)17(24,25)26)13-11-7-3-1-5-9(11)10-6-2-4-8-12(10)13/h1-8,13H. The molecule has 0 fully saturated rings. The second kappa shape index (κ2) is 5.40. The molecule has 0 unspecified atom stereocenters. The van der Waals surface area contributed by atoms with Gasteiger partial charge in [0.05, 0.1) is 5.92 Å². The van der Waals surface area contributed by atoms with Crippen molar-refractivity contribution in [1.82, 2.24) is 0 Å². The van der Waals surface area contributed by atoms with E-state index in [2.05, 4.69) is 0 Å². The van der Waals surface area contributed by atoms with Crippen molar-refractivity contribution < 1.29 is 39.5 Å². The fourth-order valence-electron chi connectivity index (χ4n) is 3.11. The molecule has 0 N–H and O–H groups in total. The summed E-state index contributed by atoms with van der Waals surface area (Å²) in [5, 5.41) is 0. The van der Waals surface area contributed by atoms with E-state index in [1.165, 1.54) is 36.4 Å². The highest BCUT2D eigenvalue weighted by Gasteiger charge is 2.83. The van der Waals surface area contributed by atoms with Crippen LogP contribution < -0.4 is 0 Å². The van der Waals surface area contributed by atoms with Crippen LogP contribution in [0.2, 0.25) is 0 Å². The van der Waals surface area contributed by atoms with Crippen molar-refractivity contribution in [2.45, 2.75) is 29.9 Å². The maximum atomic E-state index is 14.6. The molecule has 9 heteroatoms. The van der Waals surface area contributed by atoms with Gasteiger partial charge in [-0.3, -0.25) is 0 Å². The predicted octanol–water partition coefficient (Wildman–Crippen LogP) is 6.27. The van der Waals surface area contributed by atoms with Gasteiger partial charge in [-0.1, -0.05) is 48.5 Å². The molecule has 0 saturated carbocycles. The molecule has 0 bridgehead atoms. The Morgan fingerprint density at radius 1 is 0.538 bits per heavy atom. The molecule has 3 rings (SSSR count). The molecular formula is C17H9F9. The lowest BCUT2D eigenvalue weighted by molar-refractivity contribution is -0.397. The van der Waals surface area contributed by atoms with E-state index in [4.69, 9.17) is 0 Å². The molecule has 1 aliphatic carbocycles. The second-order valence-electron chi connectivity index (χ2n) is 5.88. The molecule has 0 aromatic heterocycles. The molecule has 0 aliphatic heterocycles. The van der Waals surface area contributed by atoms with Crippen LogP contribution in [0.3, 0.4) is 0 Å². The van der Waals surface area contributed by atoms with Crippen LogP contribution in [0.1, 0.15) is 17.0 Å². The number of alkyl halides is 9. The number of halogens is 9. The zero-order valence-corrected chi connectivity index (χ0v) is 12.6. The molecule has 0 atom stereocenters. The van der Waals surface area contributed by atoms with Crippen molar-refractivity contribution in [3.05, 3.63) is 59.7 Å². The van der Waals surface area contributed by atoms with Crippen molar-refractivity contribution in [1.29, 1.82) is 0 Å². The summed E-state index contributed by atoms with van der Waals surface area (Å²) >= 11 is 0. The van der Waals surface area contributed by atoms with Crippen LogP contribution in [0.4, 0.5) is 39.5 Å². The molecule has 1 aliphatic rings. The predicted molar refractivity (Wildman–Crippen MR) is 74.6 cm³/mol. The fraction of sp³-hybridized carbons (Fsp3) is 0.294. The van der Waals surface area contributed by atoms with E-state index in [0.717, 1.165) is 12.1 Å². The zero-order chi connectivity index (χ0) is 19.5. The van der Waals surface area contributed by atoms with Gasteiger partial charge in [-0.2, -0.15) is 39.5 Å². The van der Waals surface area contributed by atoms with Crippen molar-refractivity contribution >= 4 is 0 Å². The molecule has 0 radical (unpaired) electrons. The molecule has 0 nitrogen and oxygen atoms in total. The smallest absolute Gasteiger partial charge is 0.199 e. The molecule has 0 heterocycles. The molecule has 26 heavy (non-hydrogen) atoms. The molecule has 0 saturated heterocycles. The van der Waals surface area contributed by atoms with E-state index >= 15 is 0 Å². The van der Waals surface area contributed by atoms with E-state index < -0.39 is 41.0 Å². The first-order valence-electron chi connectivity index (χ1n) is 7.22. The van der Waals surface area contributed by atoms with E-state index in [1.807, 2.05) is 0 Å². The van der Waals surface area contributed by atoms with Crippen molar-refractivity contribution in [2.75, 3.05) is 0 Å². The van der Waals surface area contributed by atoms with Crippen LogP contribution in [-0.2, 0) is 0 Å².